The minimum Gasteiger partial charge on any atom is -0.361 e. The van der Waals surface area contributed by atoms with Gasteiger partial charge in [-0.15, -0.1) is 0 Å². The zero-order chi connectivity index (χ0) is 35.9. The number of carbonyl (C=O) groups is 3. The van der Waals surface area contributed by atoms with Crippen molar-refractivity contribution < 1.29 is 14.4 Å². The molecule has 0 saturated heterocycles. The molecule has 11 nitrogen and oxygen atoms in total. The van der Waals surface area contributed by atoms with Gasteiger partial charge in [0, 0.05) is 60.7 Å². The molecule has 0 saturated carbocycles. The second kappa shape index (κ2) is 15.7. The van der Waals surface area contributed by atoms with Crippen molar-refractivity contribution in [3.05, 3.63) is 146 Å². The van der Waals surface area contributed by atoms with Gasteiger partial charge in [-0.1, -0.05) is 54.1 Å². The Morgan fingerprint density at radius 1 is 0.961 bits per heavy atom. The molecule has 5 aromatic rings. The summed E-state index contributed by atoms with van der Waals surface area (Å²) in [6.07, 6.45) is 10.5. The van der Waals surface area contributed by atoms with Crippen LogP contribution in [0.3, 0.4) is 0 Å². The lowest BCUT2D eigenvalue weighted by atomic mass is 10.0. The van der Waals surface area contributed by atoms with Crippen molar-refractivity contribution in [1.82, 2.24) is 30.1 Å². The number of hydrogen-bond acceptors (Lipinski definition) is 6. The summed E-state index contributed by atoms with van der Waals surface area (Å²) < 4.78 is 1.45. The third-order valence-electron chi connectivity index (χ3n) is 8.23. The Bertz CT molecular complexity index is 2220. The predicted molar refractivity (Wildman–Crippen MR) is 200 cm³/mol. The Hall–Kier alpha value is -6.04. The SMILES string of the molecule is CN(C)CCNC(=O)c1cccc(-c2c[nH]c(C=C3C(=O)Nc4cc(/C=C/CNC(=O)c5cccn(Cc6ccc(Cl)nc6)c5=O)ccc43)c2)c1. The second-order valence-corrected chi connectivity index (χ2v) is 12.6. The first-order valence-corrected chi connectivity index (χ1v) is 16.7. The molecule has 2 aromatic carbocycles. The Kier molecular flexibility index (Phi) is 10.7. The molecule has 0 fully saturated rings. The maximum absolute atomic E-state index is 13.0. The van der Waals surface area contributed by atoms with E-state index < -0.39 is 11.5 Å². The molecule has 12 heteroatoms. The Morgan fingerprint density at radius 2 is 1.82 bits per heavy atom. The van der Waals surface area contributed by atoms with Crippen molar-refractivity contribution in [2.24, 2.45) is 0 Å². The molecule has 0 radical (unpaired) electrons. The monoisotopic (exact) mass is 701 g/mol. The van der Waals surface area contributed by atoms with Crippen LogP contribution in [0.1, 0.15) is 43.1 Å². The van der Waals surface area contributed by atoms with Crippen LogP contribution < -0.4 is 21.5 Å². The molecule has 51 heavy (non-hydrogen) atoms. The molecule has 4 N–H and O–H groups in total. The van der Waals surface area contributed by atoms with Crippen LogP contribution in [0.25, 0.3) is 28.9 Å². The molecule has 1 aliphatic rings. The molecular formula is C39H36ClN7O4. The van der Waals surface area contributed by atoms with Crippen LogP contribution in [0.2, 0.25) is 5.15 Å². The highest BCUT2D eigenvalue weighted by molar-refractivity contribution is 6.35. The van der Waals surface area contributed by atoms with Gasteiger partial charge in [0.2, 0.25) is 0 Å². The molecule has 6 rings (SSSR count). The summed E-state index contributed by atoms with van der Waals surface area (Å²) in [4.78, 5) is 60.6. The van der Waals surface area contributed by atoms with Gasteiger partial charge in [-0.2, -0.15) is 0 Å². The standard InChI is InChI=1S/C39H36ClN7O4/c1-46(2)17-15-42-36(48)28-8-3-7-27(19-28)29-20-30(43-23-29)21-33-31-12-10-25(18-34(31)45-38(33)50)6-4-14-41-37(49)32-9-5-16-47(39(32)51)24-26-11-13-35(40)44-22-26/h3-13,16,18-23,43H,14-15,17,24H2,1-2H3,(H,41,49)(H,42,48)(H,45,50)/b6-4+,33-21?. The highest BCUT2D eigenvalue weighted by Crippen LogP contribution is 2.34. The summed E-state index contributed by atoms with van der Waals surface area (Å²) in [5, 5.41) is 8.99. The van der Waals surface area contributed by atoms with E-state index in [1.807, 2.05) is 73.7 Å². The van der Waals surface area contributed by atoms with Crippen LogP contribution in [0.5, 0.6) is 0 Å². The molecule has 1 aliphatic heterocycles. The second-order valence-electron chi connectivity index (χ2n) is 12.3. The van der Waals surface area contributed by atoms with Crippen molar-refractivity contribution >= 4 is 52.7 Å². The largest absolute Gasteiger partial charge is 0.361 e. The third-order valence-corrected chi connectivity index (χ3v) is 8.46. The Morgan fingerprint density at radius 3 is 2.63 bits per heavy atom. The van der Waals surface area contributed by atoms with Crippen LogP contribution in [0.4, 0.5) is 5.69 Å². The molecule has 4 heterocycles. The summed E-state index contributed by atoms with van der Waals surface area (Å²) in [5.41, 5.74) is 6.31. The van der Waals surface area contributed by atoms with Crippen LogP contribution in [0, 0.1) is 0 Å². The molecular weight excluding hydrogens is 666 g/mol. The zero-order valence-electron chi connectivity index (χ0n) is 28.1. The topological polar surface area (TPSA) is 141 Å². The number of benzene rings is 2. The molecule has 258 valence electrons. The maximum atomic E-state index is 13.0. The van der Waals surface area contributed by atoms with E-state index in [1.54, 1.807) is 48.8 Å². The first-order chi connectivity index (χ1) is 24.6. The molecule has 0 aliphatic carbocycles. The van der Waals surface area contributed by atoms with Gasteiger partial charge in [-0.05, 0) is 84.9 Å². The first kappa shape index (κ1) is 34.8. The van der Waals surface area contributed by atoms with Crippen molar-refractivity contribution in [3.8, 4) is 11.1 Å². The number of pyridine rings is 2. The number of carbonyl (C=O) groups excluding carboxylic acids is 3. The number of aromatic nitrogens is 3. The number of amides is 3. The number of aromatic amines is 1. The molecule has 0 bridgehead atoms. The Labute approximate surface area is 299 Å². The smallest absolute Gasteiger partial charge is 0.263 e. The lowest BCUT2D eigenvalue weighted by molar-refractivity contribution is -0.110. The lowest BCUT2D eigenvalue weighted by Crippen LogP contribution is -2.33. The highest BCUT2D eigenvalue weighted by Gasteiger charge is 2.24. The number of likely N-dealkylation sites (N-methyl/N-ethyl adjacent to an activating group) is 1. The summed E-state index contributed by atoms with van der Waals surface area (Å²) in [7, 11) is 3.91. The number of rotatable bonds is 12. The van der Waals surface area contributed by atoms with E-state index in [2.05, 4.69) is 25.9 Å². The lowest BCUT2D eigenvalue weighted by Gasteiger charge is -2.10. The summed E-state index contributed by atoms with van der Waals surface area (Å²) in [6, 6.07) is 21.6. The number of halogens is 1. The normalized spacial score (nSPS) is 13.1. The van der Waals surface area contributed by atoms with Crippen LogP contribution in [-0.2, 0) is 11.3 Å². The summed E-state index contributed by atoms with van der Waals surface area (Å²) in [5.74, 6) is -0.824. The zero-order valence-corrected chi connectivity index (χ0v) is 28.8. The van der Waals surface area contributed by atoms with Crippen molar-refractivity contribution in [3.63, 3.8) is 0 Å². The van der Waals surface area contributed by atoms with Gasteiger partial charge in [-0.25, -0.2) is 4.98 Å². The summed E-state index contributed by atoms with van der Waals surface area (Å²) >= 11 is 5.85. The minimum absolute atomic E-state index is 0.0358. The highest BCUT2D eigenvalue weighted by atomic mass is 35.5. The number of nitrogens with zero attached hydrogens (tertiary/aromatic N) is 3. The van der Waals surface area contributed by atoms with Crippen molar-refractivity contribution in [2.75, 3.05) is 39.0 Å². The minimum atomic E-state index is -0.481. The maximum Gasteiger partial charge on any atom is 0.263 e. The van der Waals surface area contributed by atoms with E-state index in [1.165, 1.54) is 10.6 Å². The number of nitrogens with one attached hydrogen (secondary N) is 4. The number of hydrogen-bond donors (Lipinski definition) is 4. The van der Waals surface area contributed by atoms with Gasteiger partial charge in [-0.3, -0.25) is 19.2 Å². The molecule has 0 unspecified atom stereocenters. The quantitative estimate of drug-likeness (QED) is 0.105. The number of fused-ring (bicyclic) bond motifs is 1. The molecule has 0 spiro atoms. The van der Waals surface area contributed by atoms with Gasteiger partial charge >= 0.3 is 0 Å². The first-order valence-electron chi connectivity index (χ1n) is 16.3. The average Bonchev–Trinajstić information content (AvgIpc) is 3.72. The fraction of sp³-hybridized carbons (Fsp3) is 0.154. The van der Waals surface area contributed by atoms with Gasteiger partial charge in [0.15, 0.2) is 0 Å². The van der Waals surface area contributed by atoms with E-state index in [9.17, 15) is 19.2 Å². The number of H-pyrrole nitrogens is 1. The van der Waals surface area contributed by atoms with E-state index in [4.69, 9.17) is 11.6 Å². The van der Waals surface area contributed by atoms with Crippen LogP contribution in [0.15, 0.2) is 102 Å². The molecule has 3 amide bonds. The molecule has 3 aromatic heterocycles. The predicted octanol–water partition coefficient (Wildman–Crippen LogP) is 5.17. The average molecular weight is 702 g/mol. The van der Waals surface area contributed by atoms with E-state index >= 15 is 0 Å². The van der Waals surface area contributed by atoms with E-state index in [-0.39, 0.29) is 30.5 Å². The van der Waals surface area contributed by atoms with Gasteiger partial charge in [0.05, 0.1) is 12.1 Å². The van der Waals surface area contributed by atoms with E-state index in [0.717, 1.165) is 40.1 Å². The molecule has 0 atom stereocenters. The van der Waals surface area contributed by atoms with Crippen molar-refractivity contribution in [2.45, 2.75) is 6.54 Å². The fourth-order valence-electron chi connectivity index (χ4n) is 5.58. The van der Waals surface area contributed by atoms with Gasteiger partial charge in [0.25, 0.3) is 23.3 Å². The summed E-state index contributed by atoms with van der Waals surface area (Å²) in [6.45, 7) is 1.77. The van der Waals surface area contributed by atoms with Gasteiger partial charge in [0.1, 0.15) is 10.7 Å². The fourth-order valence-corrected chi connectivity index (χ4v) is 5.70. The van der Waals surface area contributed by atoms with E-state index in [0.29, 0.717) is 28.5 Å². The third kappa shape index (κ3) is 8.58. The van der Waals surface area contributed by atoms with Gasteiger partial charge < -0.3 is 30.4 Å². The number of anilines is 1. The van der Waals surface area contributed by atoms with Crippen molar-refractivity contribution in [1.29, 1.82) is 0 Å². The Balaban J connectivity index is 1.07. The van der Waals surface area contributed by atoms with Crippen LogP contribution >= 0.6 is 11.6 Å². The van der Waals surface area contributed by atoms with Crippen LogP contribution in [-0.4, -0.2) is 70.9 Å².